The Bertz CT molecular complexity index is 487. The molecule has 0 amide bonds. The van der Waals surface area contributed by atoms with E-state index < -0.39 is 15.8 Å². The number of rotatable bonds is 3. The topological polar surface area (TPSA) is 63.4 Å². The molecule has 17 heavy (non-hydrogen) atoms. The SMILES string of the molecule is NC[C@H]1CCCN1S(=O)(=O)c1ccc(F)cc1. The average molecular weight is 258 g/mol. The molecule has 6 heteroatoms. The lowest BCUT2D eigenvalue weighted by atomic mass is 10.2. The minimum atomic E-state index is -3.53. The lowest BCUT2D eigenvalue weighted by Gasteiger charge is -2.22. The zero-order chi connectivity index (χ0) is 12.5. The standard InChI is InChI=1S/C11H15FN2O2S/c12-9-3-5-11(6-4-9)17(15,16)14-7-1-2-10(14)8-13/h3-6,10H,1-2,7-8,13H2/t10-/m1/s1. The summed E-state index contributed by atoms with van der Waals surface area (Å²) in [5, 5.41) is 0. The van der Waals surface area contributed by atoms with Crippen molar-refractivity contribution in [3.05, 3.63) is 30.1 Å². The van der Waals surface area contributed by atoms with Crippen molar-refractivity contribution < 1.29 is 12.8 Å². The molecule has 1 heterocycles. The van der Waals surface area contributed by atoms with Crippen molar-refractivity contribution in [2.75, 3.05) is 13.1 Å². The largest absolute Gasteiger partial charge is 0.329 e. The third-order valence-electron chi connectivity index (χ3n) is 3.02. The van der Waals surface area contributed by atoms with Crippen LogP contribution >= 0.6 is 0 Å². The van der Waals surface area contributed by atoms with Crippen LogP contribution in [0.3, 0.4) is 0 Å². The van der Waals surface area contributed by atoms with Gasteiger partial charge in [0.15, 0.2) is 0 Å². The second-order valence-corrected chi connectivity index (χ2v) is 5.99. The van der Waals surface area contributed by atoms with Gasteiger partial charge in [0.1, 0.15) is 5.82 Å². The smallest absolute Gasteiger partial charge is 0.243 e. The highest BCUT2D eigenvalue weighted by atomic mass is 32.2. The molecule has 1 aliphatic heterocycles. The van der Waals surface area contributed by atoms with E-state index in [1.807, 2.05) is 0 Å². The van der Waals surface area contributed by atoms with Gasteiger partial charge in [0.25, 0.3) is 0 Å². The van der Waals surface area contributed by atoms with Crippen molar-refractivity contribution in [1.82, 2.24) is 4.31 Å². The van der Waals surface area contributed by atoms with Crippen molar-refractivity contribution in [3.8, 4) is 0 Å². The minimum absolute atomic E-state index is 0.124. The maximum Gasteiger partial charge on any atom is 0.243 e. The molecular weight excluding hydrogens is 243 g/mol. The van der Waals surface area contributed by atoms with E-state index in [1.165, 1.54) is 16.4 Å². The van der Waals surface area contributed by atoms with E-state index in [9.17, 15) is 12.8 Å². The van der Waals surface area contributed by atoms with E-state index >= 15 is 0 Å². The maximum atomic E-state index is 12.8. The van der Waals surface area contributed by atoms with Crippen molar-refractivity contribution in [1.29, 1.82) is 0 Å². The molecule has 0 spiro atoms. The first kappa shape index (κ1) is 12.5. The average Bonchev–Trinajstić information content (AvgIpc) is 2.78. The Balaban J connectivity index is 2.33. The summed E-state index contributed by atoms with van der Waals surface area (Å²) in [6.45, 7) is 0.808. The van der Waals surface area contributed by atoms with Crippen LogP contribution in [0.2, 0.25) is 0 Å². The molecule has 2 rings (SSSR count). The summed E-state index contributed by atoms with van der Waals surface area (Å²) in [7, 11) is -3.53. The van der Waals surface area contributed by atoms with Crippen molar-refractivity contribution >= 4 is 10.0 Å². The molecule has 1 saturated heterocycles. The first-order chi connectivity index (χ1) is 8.05. The molecule has 1 aromatic carbocycles. The second-order valence-electron chi connectivity index (χ2n) is 4.10. The first-order valence-electron chi connectivity index (χ1n) is 5.53. The fraction of sp³-hybridized carbons (Fsp3) is 0.455. The summed E-state index contributed by atoms with van der Waals surface area (Å²) in [5.74, 6) is -0.444. The summed E-state index contributed by atoms with van der Waals surface area (Å²) >= 11 is 0. The quantitative estimate of drug-likeness (QED) is 0.877. The third-order valence-corrected chi connectivity index (χ3v) is 4.98. The summed E-state index contributed by atoms with van der Waals surface area (Å²) in [6, 6.07) is 4.75. The molecule has 0 aliphatic carbocycles. The number of halogens is 1. The van der Waals surface area contributed by atoms with Crippen LogP contribution in [-0.2, 0) is 10.0 Å². The molecule has 0 bridgehead atoms. The fourth-order valence-electron chi connectivity index (χ4n) is 2.10. The first-order valence-corrected chi connectivity index (χ1v) is 6.97. The summed E-state index contributed by atoms with van der Waals surface area (Å²) in [6.07, 6.45) is 1.61. The molecule has 1 aromatic rings. The van der Waals surface area contributed by atoms with E-state index in [2.05, 4.69) is 0 Å². The number of hydrogen-bond donors (Lipinski definition) is 1. The third kappa shape index (κ3) is 2.34. The molecule has 0 unspecified atom stereocenters. The summed E-state index contributed by atoms with van der Waals surface area (Å²) < 4.78 is 38.7. The monoisotopic (exact) mass is 258 g/mol. The number of hydrogen-bond acceptors (Lipinski definition) is 3. The van der Waals surface area contributed by atoms with Crippen LogP contribution in [0.25, 0.3) is 0 Å². The normalized spacial score (nSPS) is 21.9. The number of nitrogens with zero attached hydrogens (tertiary/aromatic N) is 1. The Morgan fingerprint density at radius 1 is 1.35 bits per heavy atom. The second kappa shape index (κ2) is 4.72. The predicted octanol–water partition coefficient (Wildman–Crippen LogP) is 0.937. The molecule has 2 N–H and O–H groups in total. The highest BCUT2D eigenvalue weighted by Crippen LogP contribution is 2.25. The number of nitrogens with two attached hydrogens (primary N) is 1. The van der Waals surface area contributed by atoms with Crippen LogP contribution in [0.5, 0.6) is 0 Å². The van der Waals surface area contributed by atoms with Crippen molar-refractivity contribution in [2.24, 2.45) is 5.73 Å². The Kier molecular flexibility index (Phi) is 3.46. The maximum absolute atomic E-state index is 12.8. The molecule has 1 atom stereocenters. The van der Waals surface area contributed by atoms with Gasteiger partial charge in [0.05, 0.1) is 4.90 Å². The van der Waals surface area contributed by atoms with Gasteiger partial charge in [0.2, 0.25) is 10.0 Å². The van der Waals surface area contributed by atoms with Gasteiger partial charge in [-0.15, -0.1) is 0 Å². The molecule has 0 radical (unpaired) electrons. The minimum Gasteiger partial charge on any atom is -0.329 e. The molecule has 1 fully saturated rings. The molecule has 4 nitrogen and oxygen atoms in total. The fourth-order valence-corrected chi connectivity index (χ4v) is 3.81. The zero-order valence-electron chi connectivity index (χ0n) is 9.34. The van der Waals surface area contributed by atoms with E-state index in [4.69, 9.17) is 5.73 Å². The number of sulfonamides is 1. The predicted molar refractivity (Wildman–Crippen MR) is 62.4 cm³/mol. The Morgan fingerprint density at radius 3 is 2.59 bits per heavy atom. The van der Waals surface area contributed by atoms with Crippen LogP contribution in [0, 0.1) is 5.82 Å². The molecule has 0 saturated carbocycles. The lowest BCUT2D eigenvalue weighted by molar-refractivity contribution is 0.393. The van der Waals surface area contributed by atoms with E-state index in [0.717, 1.165) is 25.0 Å². The van der Waals surface area contributed by atoms with E-state index in [0.29, 0.717) is 13.1 Å². The summed E-state index contributed by atoms with van der Waals surface area (Å²) in [5.41, 5.74) is 5.56. The van der Waals surface area contributed by atoms with E-state index in [1.54, 1.807) is 0 Å². The van der Waals surface area contributed by atoms with Gasteiger partial charge >= 0.3 is 0 Å². The van der Waals surface area contributed by atoms with Crippen LogP contribution in [-0.4, -0.2) is 31.9 Å². The highest BCUT2D eigenvalue weighted by molar-refractivity contribution is 7.89. The zero-order valence-corrected chi connectivity index (χ0v) is 10.2. The van der Waals surface area contributed by atoms with Crippen LogP contribution in [0.1, 0.15) is 12.8 Å². The van der Waals surface area contributed by atoms with Crippen molar-refractivity contribution in [2.45, 2.75) is 23.8 Å². The van der Waals surface area contributed by atoms with Crippen LogP contribution in [0.4, 0.5) is 4.39 Å². The molecular formula is C11H15FN2O2S. The van der Waals surface area contributed by atoms with Gasteiger partial charge in [-0.25, -0.2) is 12.8 Å². The number of benzene rings is 1. The van der Waals surface area contributed by atoms with E-state index in [-0.39, 0.29) is 10.9 Å². The van der Waals surface area contributed by atoms with Gasteiger partial charge in [-0.1, -0.05) is 0 Å². The Labute approximate surface area is 100 Å². The molecule has 0 aromatic heterocycles. The molecule has 1 aliphatic rings. The lowest BCUT2D eigenvalue weighted by Crippen LogP contribution is -2.39. The Hall–Kier alpha value is -0.980. The van der Waals surface area contributed by atoms with Crippen molar-refractivity contribution in [3.63, 3.8) is 0 Å². The molecule has 94 valence electrons. The van der Waals surface area contributed by atoms with Gasteiger partial charge in [-0.3, -0.25) is 0 Å². The van der Waals surface area contributed by atoms with Gasteiger partial charge in [-0.2, -0.15) is 4.31 Å². The van der Waals surface area contributed by atoms with Crippen LogP contribution < -0.4 is 5.73 Å². The van der Waals surface area contributed by atoms with Gasteiger partial charge in [-0.05, 0) is 37.1 Å². The Morgan fingerprint density at radius 2 is 2.00 bits per heavy atom. The highest BCUT2D eigenvalue weighted by Gasteiger charge is 2.34. The van der Waals surface area contributed by atoms with Crippen LogP contribution in [0.15, 0.2) is 29.2 Å². The van der Waals surface area contributed by atoms with Gasteiger partial charge < -0.3 is 5.73 Å². The van der Waals surface area contributed by atoms with Gasteiger partial charge in [0, 0.05) is 19.1 Å². The summed E-state index contributed by atoms with van der Waals surface area (Å²) in [4.78, 5) is 0.124.